The molecule has 3 amide bonds. The SMILES string of the molecule is CSC[C@H](NC(=O)c1ccc(N)c(Cl)c1)C(=O)N1CCCC1C(=O)NC(C=O)CC(=O)O. The highest BCUT2D eigenvalue weighted by Crippen LogP contribution is 2.21. The van der Waals surface area contributed by atoms with E-state index < -0.39 is 48.2 Å². The van der Waals surface area contributed by atoms with Gasteiger partial charge in [-0.25, -0.2) is 0 Å². The topological polar surface area (TPSA) is 159 Å². The average Bonchev–Trinajstić information content (AvgIpc) is 3.24. The molecule has 3 atom stereocenters. The van der Waals surface area contributed by atoms with Gasteiger partial charge < -0.3 is 31.2 Å². The van der Waals surface area contributed by atoms with Crippen LogP contribution in [0, 0.1) is 0 Å². The second-order valence-corrected chi connectivity index (χ2v) is 8.57. The van der Waals surface area contributed by atoms with Crippen LogP contribution >= 0.6 is 23.4 Å². The number of nitrogen functional groups attached to an aromatic ring is 1. The smallest absolute Gasteiger partial charge is 0.305 e. The van der Waals surface area contributed by atoms with Gasteiger partial charge in [-0.1, -0.05) is 11.6 Å². The number of carbonyl (C=O) groups is 5. The van der Waals surface area contributed by atoms with Gasteiger partial charge in [-0.3, -0.25) is 19.2 Å². The fraction of sp³-hybridized carbons (Fsp3) is 0.450. The average molecular weight is 485 g/mol. The number of nitrogens with zero attached hydrogens (tertiary/aromatic N) is 1. The minimum absolute atomic E-state index is 0.216. The molecule has 1 aromatic rings. The van der Waals surface area contributed by atoms with Gasteiger partial charge in [0.15, 0.2) is 0 Å². The maximum Gasteiger partial charge on any atom is 0.305 e. The van der Waals surface area contributed by atoms with E-state index in [0.29, 0.717) is 31.4 Å². The fourth-order valence-corrected chi connectivity index (χ4v) is 4.09. The lowest BCUT2D eigenvalue weighted by atomic mass is 10.1. The van der Waals surface area contributed by atoms with Crippen LogP contribution in [-0.4, -0.2) is 76.7 Å². The monoisotopic (exact) mass is 484 g/mol. The van der Waals surface area contributed by atoms with E-state index in [1.54, 1.807) is 6.26 Å². The van der Waals surface area contributed by atoms with Crippen LogP contribution in [0.1, 0.15) is 29.6 Å². The molecular weight excluding hydrogens is 460 g/mol. The summed E-state index contributed by atoms with van der Waals surface area (Å²) in [6, 6.07) is 1.44. The van der Waals surface area contributed by atoms with Crippen LogP contribution in [0.5, 0.6) is 0 Å². The van der Waals surface area contributed by atoms with E-state index in [-0.39, 0.29) is 16.3 Å². The molecule has 10 nitrogen and oxygen atoms in total. The number of aldehydes is 1. The normalized spacial score (nSPS) is 17.3. The third kappa shape index (κ3) is 6.60. The predicted octanol–water partition coefficient (Wildman–Crippen LogP) is 0.533. The number of halogens is 1. The minimum Gasteiger partial charge on any atom is -0.481 e. The number of rotatable bonds is 10. The molecule has 2 unspecified atom stereocenters. The molecule has 0 aromatic heterocycles. The zero-order valence-electron chi connectivity index (χ0n) is 17.4. The molecule has 5 N–H and O–H groups in total. The third-order valence-electron chi connectivity index (χ3n) is 4.92. The summed E-state index contributed by atoms with van der Waals surface area (Å²) < 4.78 is 0. The van der Waals surface area contributed by atoms with E-state index in [9.17, 15) is 24.0 Å². The second kappa shape index (κ2) is 11.7. The summed E-state index contributed by atoms with van der Waals surface area (Å²) in [5.74, 6) is -2.51. The van der Waals surface area contributed by atoms with Gasteiger partial charge in [-0.2, -0.15) is 11.8 Å². The summed E-state index contributed by atoms with van der Waals surface area (Å²) in [5.41, 5.74) is 6.22. The van der Waals surface area contributed by atoms with Crippen LogP contribution in [0.25, 0.3) is 0 Å². The predicted molar refractivity (Wildman–Crippen MR) is 120 cm³/mol. The molecule has 0 bridgehead atoms. The molecule has 12 heteroatoms. The summed E-state index contributed by atoms with van der Waals surface area (Å²) >= 11 is 7.32. The van der Waals surface area contributed by atoms with Crippen molar-refractivity contribution < 1.29 is 29.1 Å². The van der Waals surface area contributed by atoms with Crippen LogP contribution in [0.4, 0.5) is 5.69 Å². The number of hydrogen-bond acceptors (Lipinski definition) is 7. The van der Waals surface area contributed by atoms with Gasteiger partial charge in [-0.05, 0) is 37.3 Å². The molecule has 2 rings (SSSR count). The molecule has 1 fully saturated rings. The zero-order valence-corrected chi connectivity index (χ0v) is 18.9. The van der Waals surface area contributed by atoms with Gasteiger partial charge in [0.1, 0.15) is 18.4 Å². The first-order chi connectivity index (χ1) is 15.2. The number of amides is 3. The van der Waals surface area contributed by atoms with Crippen molar-refractivity contribution in [2.75, 3.05) is 24.3 Å². The van der Waals surface area contributed by atoms with E-state index in [0.717, 1.165) is 0 Å². The quantitative estimate of drug-likeness (QED) is 0.276. The first-order valence-corrected chi connectivity index (χ1v) is 11.6. The van der Waals surface area contributed by atoms with Gasteiger partial charge in [0.25, 0.3) is 5.91 Å². The number of carboxylic acid groups (broad SMARTS) is 1. The number of thioether (sulfide) groups is 1. The van der Waals surface area contributed by atoms with E-state index in [2.05, 4.69) is 10.6 Å². The molecule has 1 aromatic carbocycles. The van der Waals surface area contributed by atoms with Gasteiger partial charge >= 0.3 is 5.97 Å². The molecule has 0 aliphatic carbocycles. The number of hydrogen-bond donors (Lipinski definition) is 4. The number of anilines is 1. The van der Waals surface area contributed by atoms with E-state index in [1.165, 1.54) is 34.9 Å². The Hall–Kier alpha value is -2.79. The van der Waals surface area contributed by atoms with Crippen molar-refractivity contribution in [1.82, 2.24) is 15.5 Å². The standard InChI is InChI=1S/C20H25ClN4O6S/c1-32-10-15(24-18(29)11-4-5-14(22)13(21)7-11)20(31)25-6-2-3-16(25)19(30)23-12(9-26)8-17(27)28/h4-5,7,9,12,15-16H,2-3,6,8,10,22H2,1H3,(H,23,30)(H,24,29)(H,27,28)/t12?,15-,16?/m0/s1. The Morgan fingerprint density at radius 1 is 1.34 bits per heavy atom. The third-order valence-corrected chi connectivity index (χ3v) is 5.92. The molecule has 32 heavy (non-hydrogen) atoms. The summed E-state index contributed by atoms with van der Waals surface area (Å²) in [6.07, 6.45) is 2.50. The number of carboxylic acids is 1. The number of carbonyl (C=O) groups excluding carboxylic acids is 4. The van der Waals surface area contributed by atoms with Gasteiger partial charge in [0.2, 0.25) is 11.8 Å². The van der Waals surface area contributed by atoms with Crippen LogP contribution in [0.3, 0.4) is 0 Å². The molecule has 0 spiro atoms. The molecule has 1 heterocycles. The molecule has 0 radical (unpaired) electrons. The van der Waals surface area contributed by atoms with Crippen LogP contribution in [0.2, 0.25) is 5.02 Å². The van der Waals surface area contributed by atoms with E-state index >= 15 is 0 Å². The van der Waals surface area contributed by atoms with Gasteiger partial charge in [0, 0.05) is 17.9 Å². The maximum absolute atomic E-state index is 13.2. The number of nitrogens with two attached hydrogens (primary N) is 1. The molecule has 1 aliphatic heterocycles. The first-order valence-electron chi connectivity index (χ1n) is 9.80. The molecular formula is C20H25ClN4O6S. The minimum atomic E-state index is -1.23. The first kappa shape index (κ1) is 25.5. The Morgan fingerprint density at radius 2 is 2.06 bits per heavy atom. The largest absolute Gasteiger partial charge is 0.481 e. The van der Waals surface area contributed by atoms with Crippen molar-refractivity contribution in [1.29, 1.82) is 0 Å². The molecule has 174 valence electrons. The van der Waals surface area contributed by atoms with Gasteiger partial charge in [0.05, 0.1) is 23.2 Å². The maximum atomic E-state index is 13.2. The number of benzene rings is 1. The lowest BCUT2D eigenvalue weighted by Gasteiger charge is -2.29. The summed E-state index contributed by atoms with van der Waals surface area (Å²) in [5, 5.41) is 14.1. The highest BCUT2D eigenvalue weighted by atomic mass is 35.5. The van der Waals surface area contributed by atoms with Crippen molar-refractivity contribution in [2.45, 2.75) is 37.4 Å². The lowest BCUT2D eigenvalue weighted by molar-refractivity contribution is -0.141. The number of aliphatic carboxylic acids is 1. The van der Waals surface area contributed by atoms with Crippen molar-refractivity contribution in [2.24, 2.45) is 0 Å². The van der Waals surface area contributed by atoms with Crippen LogP contribution in [-0.2, 0) is 19.2 Å². The van der Waals surface area contributed by atoms with Crippen LogP contribution < -0.4 is 16.4 Å². The number of nitrogens with one attached hydrogen (secondary N) is 2. The van der Waals surface area contributed by atoms with E-state index in [1.807, 2.05) is 0 Å². The van der Waals surface area contributed by atoms with E-state index in [4.69, 9.17) is 22.4 Å². The Morgan fingerprint density at radius 3 is 2.66 bits per heavy atom. The van der Waals surface area contributed by atoms with Crippen molar-refractivity contribution in [3.05, 3.63) is 28.8 Å². The highest BCUT2D eigenvalue weighted by molar-refractivity contribution is 7.98. The summed E-state index contributed by atoms with van der Waals surface area (Å²) in [7, 11) is 0. The Labute approximate surface area is 194 Å². The lowest BCUT2D eigenvalue weighted by Crippen LogP contribution is -2.55. The Balaban J connectivity index is 2.12. The summed E-state index contributed by atoms with van der Waals surface area (Å²) in [4.78, 5) is 61.7. The molecule has 1 saturated heterocycles. The van der Waals surface area contributed by atoms with Crippen molar-refractivity contribution >= 4 is 59.0 Å². The second-order valence-electron chi connectivity index (χ2n) is 7.26. The molecule has 0 saturated carbocycles. The Bertz CT molecular complexity index is 899. The van der Waals surface area contributed by atoms with Crippen molar-refractivity contribution in [3.8, 4) is 0 Å². The van der Waals surface area contributed by atoms with Gasteiger partial charge in [-0.15, -0.1) is 0 Å². The Kier molecular flexibility index (Phi) is 9.33. The highest BCUT2D eigenvalue weighted by Gasteiger charge is 2.38. The molecule has 1 aliphatic rings. The summed E-state index contributed by atoms with van der Waals surface area (Å²) in [6.45, 7) is 0.302. The zero-order chi connectivity index (χ0) is 23.8. The van der Waals surface area contributed by atoms with Crippen LogP contribution in [0.15, 0.2) is 18.2 Å². The fourth-order valence-electron chi connectivity index (χ4n) is 3.35. The number of likely N-dealkylation sites (tertiary alicyclic amines) is 1. The van der Waals surface area contributed by atoms with Crippen molar-refractivity contribution in [3.63, 3.8) is 0 Å².